The molecule has 160 valence electrons. The van der Waals surface area contributed by atoms with Crippen molar-refractivity contribution in [3.8, 4) is 22.5 Å². The average Bonchev–Trinajstić information content (AvgIpc) is 3.30. The van der Waals surface area contributed by atoms with E-state index in [2.05, 4.69) is 37.1 Å². The van der Waals surface area contributed by atoms with Gasteiger partial charge >= 0.3 is 0 Å². The lowest BCUT2D eigenvalue weighted by molar-refractivity contribution is -0.111. The summed E-state index contributed by atoms with van der Waals surface area (Å²) in [7, 11) is 0. The molecule has 0 unspecified atom stereocenters. The largest absolute Gasteiger partial charge is 0.340 e. The lowest BCUT2D eigenvalue weighted by atomic mass is 10.1. The van der Waals surface area contributed by atoms with E-state index >= 15 is 0 Å². The Balaban J connectivity index is 1.43. The van der Waals surface area contributed by atoms with Gasteiger partial charge in [-0.3, -0.25) is 9.78 Å². The van der Waals surface area contributed by atoms with Crippen LogP contribution in [0.4, 0.5) is 17.2 Å². The van der Waals surface area contributed by atoms with Crippen molar-refractivity contribution in [1.29, 1.82) is 0 Å². The highest BCUT2D eigenvalue weighted by Gasteiger charge is 2.11. The van der Waals surface area contributed by atoms with Gasteiger partial charge in [0, 0.05) is 34.4 Å². The van der Waals surface area contributed by atoms with Gasteiger partial charge in [0.05, 0.1) is 11.1 Å². The Morgan fingerprint density at radius 1 is 0.879 bits per heavy atom. The van der Waals surface area contributed by atoms with E-state index in [4.69, 9.17) is 0 Å². The molecule has 3 heterocycles. The van der Waals surface area contributed by atoms with Crippen molar-refractivity contribution in [1.82, 2.24) is 19.9 Å². The molecule has 0 aliphatic carbocycles. The molecule has 0 saturated carbocycles. The normalized spacial score (nSPS) is 10.7. The van der Waals surface area contributed by atoms with Crippen LogP contribution >= 0.6 is 0 Å². The molecule has 1 amide bonds. The van der Waals surface area contributed by atoms with E-state index < -0.39 is 0 Å². The topological polar surface area (TPSA) is 95.6 Å². The lowest BCUT2D eigenvalue weighted by Gasteiger charge is -2.08. The summed E-state index contributed by atoms with van der Waals surface area (Å²) in [6.07, 6.45) is 4.58. The van der Waals surface area contributed by atoms with Crippen molar-refractivity contribution in [2.75, 3.05) is 10.6 Å². The van der Waals surface area contributed by atoms with Gasteiger partial charge in [-0.2, -0.15) is 0 Å². The molecule has 33 heavy (non-hydrogen) atoms. The molecule has 2 aromatic carbocycles. The van der Waals surface area contributed by atoms with Gasteiger partial charge in [0.2, 0.25) is 5.91 Å². The fourth-order valence-electron chi connectivity index (χ4n) is 3.53. The van der Waals surface area contributed by atoms with Crippen LogP contribution in [0.25, 0.3) is 33.5 Å². The van der Waals surface area contributed by atoms with E-state index in [0.29, 0.717) is 17.2 Å². The van der Waals surface area contributed by atoms with E-state index in [1.807, 2.05) is 79.0 Å². The second kappa shape index (κ2) is 8.76. The molecule has 7 heteroatoms. The van der Waals surface area contributed by atoms with Crippen LogP contribution in [0.3, 0.4) is 0 Å². The van der Waals surface area contributed by atoms with Gasteiger partial charge in [-0.05, 0) is 42.5 Å². The van der Waals surface area contributed by atoms with Crippen LogP contribution in [0.2, 0.25) is 0 Å². The number of anilines is 3. The Kier molecular flexibility index (Phi) is 5.35. The molecule has 0 spiro atoms. The molecule has 0 fully saturated rings. The molecule has 0 aliphatic heterocycles. The molecule has 0 bridgehead atoms. The SMILES string of the molecule is C=CC(=O)Nc1cccc(Nc2ncnc3[nH]c(-c4ccc(-c5ccccc5)nc4)cc23)c1. The van der Waals surface area contributed by atoms with E-state index in [0.717, 1.165) is 33.6 Å². The highest BCUT2D eigenvalue weighted by molar-refractivity contribution is 5.99. The van der Waals surface area contributed by atoms with Crippen LogP contribution in [0.1, 0.15) is 0 Å². The zero-order valence-corrected chi connectivity index (χ0v) is 17.6. The van der Waals surface area contributed by atoms with Gasteiger partial charge in [-0.15, -0.1) is 0 Å². The predicted octanol–water partition coefficient (Wildman–Crippen LogP) is 5.56. The summed E-state index contributed by atoms with van der Waals surface area (Å²) in [5, 5.41) is 6.91. The van der Waals surface area contributed by atoms with Crippen molar-refractivity contribution in [3.63, 3.8) is 0 Å². The minimum atomic E-state index is -0.265. The van der Waals surface area contributed by atoms with Crippen LogP contribution in [-0.2, 0) is 4.79 Å². The highest BCUT2D eigenvalue weighted by Crippen LogP contribution is 2.29. The van der Waals surface area contributed by atoms with E-state index in [9.17, 15) is 4.79 Å². The number of nitrogens with one attached hydrogen (secondary N) is 3. The molecule has 3 N–H and O–H groups in total. The maximum Gasteiger partial charge on any atom is 0.247 e. The molecule has 5 rings (SSSR count). The lowest BCUT2D eigenvalue weighted by Crippen LogP contribution is -2.07. The minimum Gasteiger partial charge on any atom is -0.340 e. The number of benzene rings is 2. The molecule has 0 aliphatic rings. The van der Waals surface area contributed by atoms with E-state index in [-0.39, 0.29) is 5.91 Å². The van der Waals surface area contributed by atoms with Crippen LogP contribution in [-0.4, -0.2) is 25.8 Å². The number of fused-ring (bicyclic) bond motifs is 1. The second-order valence-electron chi connectivity index (χ2n) is 7.36. The van der Waals surface area contributed by atoms with Crippen molar-refractivity contribution in [3.05, 3.63) is 98.0 Å². The molecule has 0 radical (unpaired) electrons. The third kappa shape index (κ3) is 4.33. The van der Waals surface area contributed by atoms with Crippen molar-refractivity contribution < 1.29 is 4.79 Å². The minimum absolute atomic E-state index is 0.265. The highest BCUT2D eigenvalue weighted by atomic mass is 16.1. The Morgan fingerprint density at radius 2 is 1.73 bits per heavy atom. The quantitative estimate of drug-likeness (QED) is 0.306. The first kappa shape index (κ1) is 20.1. The molecule has 0 atom stereocenters. The van der Waals surface area contributed by atoms with Crippen molar-refractivity contribution in [2.45, 2.75) is 0 Å². The van der Waals surface area contributed by atoms with E-state index in [1.165, 1.54) is 12.4 Å². The first-order valence-corrected chi connectivity index (χ1v) is 10.4. The van der Waals surface area contributed by atoms with Gasteiger partial charge in [-0.25, -0.2) is 9.97 Å². The molecule has 5 aromatic rings. The summed E-state index contributed by atoms with van der Waals surface area (Å²) in [5.41, 5.74) is 6.00. The monoisotopic (exact) mass is 432 g/mol. The summed E-state index contributed by atoms with van der Waals surface area (Å²) >= 11 is 0. The first-order chi connectivity index (χ1) is 16.2. The number of aromatic amines is 1. The number of carbonyl (C=O) groups excluding carboxylic acids is 1. The number of carbonyl (C=O) groups is 1. The summed E-state index contributed by atoms with van der Waals surface area (Å²) in [5.74, 6) is 0.391. The molecular weight excluding hydrogens is 412 g/mol. The fourth-order valence-corrected chi connectivity index (χ4v) is 3.53. The molecular formula is C26H20N6O. The Hall–Kier alpha value is -4.78. The number of pyridine rings is 1. The Labute approximate surface area is 190 Å². The number of rotatable bonds is 6. The summed E-state index contributed by atoms with van der Waals surface area (Å²) in [4.78, 5) is 28.3. The summed E-state index contributed by atoms with van der Waals surface area (Å²) in [6, 6.07) is 23.5. The molecule has 3 aromatic heterocycles. The van der Waals surface area contributed by atoms with E-state index in [1.54, 1.807) is 0 Å². The summed E-state index contributed by atoms with van der Waals surface area (Å²) in [6.45, 7) is 3.48. The average molecular weight is 432 g/mol. The Bertz CT molecular complexity index is 1440. The number of hydrogen-bond acceptors (Lipinski definition) is 5. The van der Waals surface area contributed by atoms with Gasteiger partial charge in [-0.1, -0.05) is 43.0 Å². The number of H-pyrrole nitrogens is 1. The van der Waals surface area contributed by atoms with Gasteiger partial charge in [0.1, 0.15) is 17.8 Å². The summed E-state index contributed by atoms with van der Waals surface area (Å²) < 4.78 is 0. The standard InChI is InChI=1S/C26H20N6O/c1-2-24(33)30-19-9-6-10-20(13-19)31-25-21-14-23(32-26(21)29-16-28-25)18-11-12-22(27-15-18)17-7-4-3-5-8-17/h2-16H,1H2,(H,30,33)(H2,28,29,31,32). The smallest absolute Gasteiger partial charge is 0.247 e. The zero-order chi connectivity index (χ0) is 22.6. The number of aromatic nitrogens is 4. The maximum absolute atomic E-state index is 11.6. The van der Waals surface area contributed by atoms with Crippen molar-refractivity contribution >= 4 is 34.1 Å². The van der Waals surface area contributed by atoms with Gasteiger partial charge < -0.3 is 15.6 Å². The third-order valence-electron chi connectivity index (χ3n) is 5.15. The van der Waals surface area contributed by atoms with Gasteiger partial charge in [0.25, 0.3) is 0 Å². The first-order valence-electron chi connectivity index (χ1n) is 10.4. The molecule has 0 saturated heterocycles. The van der Waals surface area contributed by atoms with Crippen LogP contribution in [0, 0.1) is 0 Å². The number of amides is 1. The van der Waals surface area contributed by atoms with Crippen LogP contribution in [0.15, 0.2) is 98.0 Å². The second-order valence-corrected chi connectivity index (χ2v) is 7.36. The zero-order valence-electron chi connectivity index (χ0n) is 17.6. The number of nitrogens with zero attached hydrogens (tertiary/aromatic N) is 3. The number of hydrogen-bond donors (Lipinski definition) is 3. The predicted molar refractivity (Wildman–Crippen MR) is 131 cm³/mol. The van der Waals surface area contributed by atoms with Crippen LogP contribution in [0.5, 0.6) is 0 Å². The van der Waals surface area contributed by atoms with Crippen molar-refractivity contribution in [2.24, 2.45) is 0 Å². The maximum atomic E-state index is 11.6. The third-order valence-corrected chi connectivity index (χ3v) is 5.15. The fraction of sp³-hybridized carbons (Fsp3) is 0. The Morgan fingerprint density at radius 3 is 2.52 bits per heavy atom. The molecule has 7 nitrogen and oxygen atoms in total. The van der Waals surface area contributed by atoms with Gasteiger partial charge in [0.15, 0.2) is 0 Å². The van der Waals surface area contributed by atoms with Crippen LogP contribution < -0.4 is 10.6 Å².